The molecule has 0 spiro atoms. The third-order valence-electron chi connectivity index (χ3n) is 2.63. The Balaban J connectivity index is 2.68. The molecule has 2 radical (unpaired) electrons. The Hall–Kier alpha value is -1.78. The second kappa shape index (κ2) is 4.24. The maximum absolute atomic E-state index is 14.1. The number of nitrogens with zero attached hydrogens (tertiary/aromatic N) is 1. The number of esters is 1. The van der Waals surface area contributed by atoms with E-state index in [1.807, 2.05) is 0 Å². The number of aromatic nitrogens is 1. The van der Waals surface area contributed by atoms with E-state index < -0.39 is 11.8 Å². The summed E-state index contributed by atoms with van der Waals surface area (Å²) in [5.41, 5.74) is 0.990. The molecule has 1 heterocycles. The minimum absolute atomic E-state index is 0.0764. The van der Waals surface area contributed by atoms with Crippen LogP contribution in [0.15, 0.2) is 18.2 Å². The summed E-state index contributed by atoms with van der Waals surface area (Å²) in [4.78, 5) is 11.6. The minimum Gasteiger partial charge on any atom is -0.461 e. The lowest BCUT2D eigenvalue weighted by Gasteiger charge is -2.03. The number of ether oxygens (including phenoxy) is 1. The predicted octanol–water partition coefficient (Wildman–Crippen LogP) is 1.29. The Labute approximate surface area is 99.6 Å². The van der Waals surface area contributed by atoms with E-state index in [1.165, 1.54) is 10.6 Å². The second-order valence-corrected chi connectivity index (χ2v) is 3.72. The van der Waals surface area contributed by atoms with Gasteiger partial charge >= 0.3 is 5.97 Å². The summed E-state index contributed by atoms with van der Waals surface area (Å²) < 4.78 is 20.4. The molecule has 0 amide bonds. The van der Waals surface area contributed by atoms with E-state index in [0.29, 0.717) is 16.4 Å². The Kier molecular flexibility index (Phi) is 2.92. The van der Waals surface area contributed by atoms with Crippen molar-refractivity contribution in [2.45, 2.75) is 6.92 Å². The van der Waals surface area contributed by atoms with Crippen molar-refractivity contribution in [2.75, 3.05) is 6.61 Å². The first-order chi connectivity index (χ1) is 8.06. The third-order valence-corrected chi connectivity index (χ3v) is 2.63. The molecule has 3 nitrogen and oxygen atoms in total. The van der Waals surface area contributed by atoms with E-state index in [-0.39, 0.29) is 12.3 Å². The van der Waals surface area contributed by atoms with Crippen molar-refractivity contribution < 1.29 is 13.9 Å². The molecule has 1 aromatic heterocycles. The zero-order chi connectivity index (χ0) is 12.6. The summed E-state index contributed by atoms with van der Waals surface area (Å²) in [6.07, 6.45) is 0. The normalized spacial score (nSPS) is 10.8. The van der Waals surface area contributed by atoms with Crippen LogP contribution in [-0.4, -0.2) is 25.0 Å². The number of carbonyl (C=O) groups excluding carboxylic acids is 1. The van der Waals surface area contributed by atoms with Crippen LogP contribution in [0.2, 0.25) is 0 Å². The lowest BCUT2D eigenvalue weighted by molar-refractivity contribution is 0.0510. The van der Waals surface area contributed by atoms with Gasteiger partial charge in [-0.1, -0.05) is 17.6 Å². The van der Waals surface area contributed by atoms with E-state index in [2.05, 4.69) is 0 Å². The number of hydrogen-bond acceptors (Lipinski definition) is 2. The first-order valence-corrected chi connectivity index (χ1v) is 5.26. The van der Waals surface area contributed by atoms with Crippen molar-refractivity contribution in [3.8, 4) is 0 Å². The third kappa shape index (κ3) is 1.81. The molecule has 0 bridgehead atoms. The van der Waals surface area contributed by atoms with Gasteiger partial charge in [-0.25, -0.2) is 9.18 Å². The number of fused-ring (bicyclic) bond motifs is 1. The highest BCUT2D eigenvalue weighted by Gasteiger charge is 2.22. The molecule has 0 unspecified atom stereocenters. The van der Waals surface area contributed by atoms with Crippen molar-refractivity contribution in [3.63, 3.8) is 0 Å². The molecule has 2 rings (SSSR count). The average Bonchev–Trinajstić information content (AvgIpc) is 2.52. The van der Waals surface area contributed by atoms with Crippen LogP contribution in [0.4, 0.5) is 4.39 Å². The number of halogens is 1. The van der Waals surface area contributed by atoms with Crippen molar-refractivity contribution in [1.82, 2.24) is 4.57 Å². The lowest BCUT2D eigenvalue weighted by Crippen LogP contribution is -2.11. The van der Waals surface area contributed by atoms with Crippen LogP contribution in [0.25, 0.3) is 10.9 Å². The molecule has 0 aliphatic carbocycles. The monoisotopic (exact) mass is 231 g/mol. The van der Waals surface area contributed by atoms with Crippen LogP contribution in [-0.2, 0) is 11.8 Å². The molecule has 0 fully saturated rings. The molecule has 2 aromatic rings. The van der Waals surface area contributed by atoms with Crippen LogP contribution in [0.5, 0.6) is 0 Å². The largest absolute Gasteiger partial charge is 0.461 e. The standard InChI is InChI=1S/C12H11BFNO2/c1-3-17-12(16)11-10(14)8-6-7(13)4-5-9(8)15(11)2/h4-6H,3H2,1-2H3. The second-order valence-electron chi connectivity index (χ2n) is 3.72. The number of aryl methyl sites for hydroxylation is 1. The van der Waals surface area contributed by atoms with Gasteiger partial charge in [0.25, 0.3) is 0 Å². The van der Waals surface area contributed by atoms with Crippen LogP contribution in [0.1, 0.15) is 17.4 Å². The highest BCUT2D eigenvalue weighted by Crippen LogP contribution is 2.23. The van der Waals surface area contributed by atoms with Gasteiger partial charge in [0.2, 0.25) is 0 Å². The SMILES string of the molecule is [B]c1ccc2c(c1)c(F)c(C(=O)OCC)n2C. The average molecular weight is 231 g/mol. The van der Waals surface area contributed by atoms with Crippen LogP contribution >= 0.6 is 0 Å². The summed E-state index contributed by atoms with van der Waals surface area (Å²) in [5.74, 6) is -1.25. The van der Waals surface area contributed by atoms with Gasteiger partial charge in [-0.15, -0.1) is 0 Å². The zero-order valence-electron chi connectivity index (χ0n) is 9.66. The van der Waals surface area contributed by atoms with Gasteiger partial charge < -0.3 is 9.30 Å². The maximum Gasteiger partial charge on any atom is 0.358 e. The van der Waals surface area contributed by atoms with Crippen LogP contribution in [0.3, 0.4) is 0 Å². The zero-order valence-corrected chi connectivity index (χ0v) is 9.66. The summed E-state index contributed by atoms with van der Waals surface area (Å²) in [6, 6.07) is 4.85. The summed E-state index contributed by atoms with van der Waals surface area (Å²) in [7, 11) is 7.21. The predicted molar refractivity (Wildman–Crippen MR) is 64.2 cm³/mol. The maximum atomic E-state index is 14.1. The van der Waals surface area contributed by atoms with Gasteiger partial charge in [-0.3, -0.25) is 0 Å². The summed E-state index contributed by atoms with van der Waals surface area (Å²) in [6.45, 7) is 1.89. The number of hydrogen-bond donors (Lipinski definition) is 0. The smallest absolute Gasteiger partial charge is 0.358 e. The van der Waals surface area contributed by atoms with Gasteiger partial charge in [0.05, 0.1) is 12.1 Å². The van der Waals surface area contributed by atoms with Gasteiger partial charge in [0.1, 0.15) is 7.85 Å². The van der Waals surface area contributed by atoms with Crippen LogP contribution in [0, 0.1) is 5.82 Å². The molecule has 0 atom stereocenters. The molecular weight excluding hydrogens is 220 g/mol. The minimum atomic E-state index is -0.665. The van der Waals surface area contributed by atoms with E-state index in [0.717, 1.165) is 0 Å². The highest BCUT2D eigenvalue weighted by atomic mass is 19.1. The van der Waals surface area contributed by atoms with Crippen molar-refractivity contribution in [1.29, 1.82) is 0 Å². The fourth-order valence-electron chi connectivity index (χ4n) is 1.84. The molecule has 5 heteroatoms. The molecule has 0 N–H and O–H groups in total. The van der Waals surface area contributed by atoms with Crippen molar-refractivity contribution in [3.05, 3.63) is 29.7 Å². The number of carbonyl (C=O) groups is 1. The lowest BCUT2D eigenvalue weighted by atomic mass is 9.95. The molecule has 17 heavy (non-hydrogen) atoms. The van der Waals surface area contributed by atoms with E-state index >= 15 is 0 Å². The quantitative estimate of drug-likeness (QED) is 0.576. The van der Waals surface area contributed by atoms with Crippen LogP contribution < -0.4 is 5.46 Å². The fraction of sp³-hybridized carbons (Fsp3) is 0.250. The Morgan fingerprint density at radius 2 is 2.24 bits per heavy atom. The Morgan fingerprint density at radius 3 is 2.88 bits per heavy atom. The Morgan fingerprint density at radius 1 is 1.53 bits per heavy atom. The van der Waals surface area contributed by atoms with E-state index in [1.54, 1.807) is 26.1 Å². The first-order valence-electron chi connectivity index (χ1n) is 5.26. The van der Waals surface area contributed by atoms with Gasteiger partial charge in [-0.05, 0) is 13.0 Å². The van der Waals surface area contributed by atoms with E-state index in [4.69, 9.17) is 12.6 Å². The van der Waals surface area contributed by atoms with Crippen molar-refractivity contribution >= 4 is 30.2 Å². The fourth-order valence-corrected chi connectivity index (χ4v) is 1.84. The molecular formula is C12H11BFNO2. The molecule has 0 saturated heterocycles. The number of benzene rings is 1. The summed E-state index contributed by atoms with van der Waals surface area (Å²) >= 11 is 0. The first kappa shape index (κ1) is 11.7. The highest BCUT2D eigenvalue weighted by molar-refractivity contribution is 6.33. The topological polar surface area (TPSA) is 31.2 Å². The molecule has 1 aromatic carbocycles. The number of rotatable bonds is 2. The molecule has 86 valence electrons. The summed E-state index contributed by atoms with van der Waals surface area (Å²) in [5, 5.41) is 0.329. The van der Waals surface area contributed by atoms with Gasteiger partial charge in [0.15, 0.2) is 11.5 Å². The van der Waals surface area contributed by atoms with Gasteiger partial charge in [0, 0.05) is 12.4 Å². The van der Waals surface area contributed by atoms with Crippen molar-refractivity contribution in [2.24, 2.45) is 7.05 Å². The molecule has 0 saturated carbocycles. The molecule has 0 aliphatic rings. The van der Waals surface area contributed by atoms with Gasteiger partial charge in [-0.2, -0.15) is 0 Å². The molecule has 0 aliphatic heterocycles. The Bertz CT molecular complexity index is 592. The van der Waals surface area contributed by atoms with E-state index in [9.17, 15) is 9.18 Å².